The molecule has 1 aliphatic heterocycles. The Morgan fingerprint density at radius 3 is 2.33 bits per heavy atom. The molecule has 0 aromatic heterocycles. The number of hydrogen-bond donors (Lipinski definition) is 0. The highest BCUT2D eigenvalue weighted by atomic mass is 16.5. The number of rotatable bonds is 6. The molecular formula is C18H30N2O. The zero-order chi connectivity index (χ0) is 15.1. The van der Waals surface area contributed by atoms with Gasteiger partial charge in [0.15, 0.2) is 0 Å². The molecule has 0 radical (unpaired) electrons. The fraction of sp³-hybridized carbons (Fsp3) is 0.667. The lowest BCUT2D eigenvalue weighted by atomic mass is 10.1. The molecule has 0 unspecified atom stereocenters. The van der Waals surface area contributed by atoms with E-state index in [1.54, 1.807) is 7.11 Å². The Labute approximate surface area is 129 Å². The highest BCUT2D eigenvalue weighted by molar-refractivity contribution is 5.27. The van der Waals surface area contributed by atoms with Crippen LogP contribution in [-0.2, 0) is 6.54 Å². The molecular weight excluding hydrogens is 260 g/mol. The van der Waals surface area contributed by atoms with Crippen molar-refractivity contribution < 1.29 is 4.74 Å². The number of methoxy groups -OCH3 is 1. The first-order valence-electron chi connectivity index (χ1n) is 8.25. The summed E-state index contributed by atoms with van der Waals surface area (Å²) in [6, 6.07) is 8.48. The Kier molecular flexibility index (Phi) is 6.52. The molecule has 3 nitrogen and oxygen atoms in total. The van der Waals surface area contributed by atoms with Crippen molar-refractivity contribution in [3.8, 4) is 5.75 Å². The molecule has 0 N–H and O–H groups in total. The van der Waals surface area contributed by atoms with E-state index in [0.717, 1.165) is 18.2 Å². The molecule has 1 aliphatic rings. The van der Waals surface area contributed by atoms with Crippen LogP contribution in [0.3, 0.4) is 0 Å². The van der Waals surface area contributed by atoms with Crippen LogP contribution in [0.1, 0.15) is 32.3 Å². The molecule has 0 amide bonds. The molecule has 0 saturated carbocycles. The van der Waals surface area contributed by atoms with Crippen LogP contribution >= 0.6 is 0 Å². The van der Waals surface area contributed by atoms with Crippen LogP contribution in [-0.4, -0.2) is 49.6 Å². The quantitative estimate of drug-likeness (QED) is 0.800. The van der Waals surface area contributed by atoms with Gasteiger partial charge in [-0.3, -0.25) is 4.90 Å². The summed E-state index contributed by atoms with van der Waals surface area (Å²) in [4.78, 5) is 5.21. The van der Waals surface area contributed by atoms with Crippen LogP contribution in [0.4, 0.5) is 0 Å². The topological polar surface area (TPSA) is 15.7 Å². The third-order valence-corrected chi connectivity index (χ3v) is 4.27. The van der Waals surface area contributed by atoms with Crippen molar-refractivity contribution in [2.45, 2.75) is 33.2 Å². The molecule has 21 heavy (non-hydrogen) atoms. The minimum absolute atomic E-state index is 0.809. The van der Waals surface area contributed by atoms with E-state index in [4.69, 9.17) is 4.74 Å². The van der Waals surface area contributed by atoms with Crippen molar-refractivity contribution in [2.24, 2.45) is 5.92 Å². The molecule has 1 fully saturated rings. The smallest absolute Gasteiger partial charge is 0.118 e. The third kappa shape index (κ3) is 5.68. The summed E-state index contributed by atoms with van der Waals surface area (Å²) in [6.45, 7) is 11.8. The molecule has 3 heteroatoms. The second-order valence-corrected chi connectivity index (χ2v) is 6.50. The van der Waals surface area contributed by atoms with Crippen LogP contribution in [0.15, 0.2) is 24.3 Å². The average Bonchev–Trinajstić information content (AvgIpc) is 2.71. The van der Waals surface area contributed by atoms with Crippen LogP contribution in [0, 0.1) is 5.92 Å². The first-order valence-corrected chi connectivity index (χ1v) is 8.25. The fourth-order valence-corrected chi connectivity index (χ4v) is 2.84. The van der Waals surface area contributed by atoms with Gasteiger partial charge in [0.05, 0.1) is 7.11 Å². The number of benzene rings is 1. The van der Waals surface area contributed by atoms with Crippen LogP contribution in [0.5, 0.6) is 5.75 Å². The van der Waals surface area contributed by atoms with E-state index in [9.17, 15) is 0 Å². The van der Waals surface area contributed by atoms with Gasteiger partial charge in [-0.25, -0.2) is 0 Å². The Morgan fingerprint density at radius 1 is 1.00 bits per heavy atom. The van der Waals surface area contributed by atoms with Crippen molar-refractivity contribution in [1.29, 1.82) is 0 Å². The minimum Gasteiger partial charge on any atom is -0.497 e. The monoisotopic (exact) mass is 290 g/mol. The van der Waals surface area contributed by atoms with Crippen LogP contribution in [0.2, 0.25) is 0 Å². The van der Waals surface area contributed by atoms with Gasteiger partial charge in [0, 0.05) is 19.6 Å². The SMILES string of the molecule is COc1ccc(CN2CCCN(CCC(C)C)CC2)cc1. The van der Waals surface area contributed by atoms with E-state index >= 15 is 0 Å². The molecule has 1 aromatic carbocycles. The van der Waals surface area contributed by atoms with E-state index in [1.807, 2.05) is 0 Å². The highest BCUT2D eigenvalue weighted by Gasteiger charge is 2.15. The lowest BCUT2D eigenvalue weighted by Gasteiger charge is -2.22. The molecule has 1 heterocycles. The summed E-state index contributed by atoms with van der Waals surface area (Å²) in [5.41, 5.74) is 1.38. The van der Waals surface area contributed by atoms with Gasteiger partial charge in [-0.2, -0.15) is 0 Å². The second kappa shape index (κ2) is 8.40. The first-order chi connectivity index (χ1) is 10.2. The van der Waals surface area contributed by atoms with Gasteiger partial charge in [0.1, 0.15) is 5.75 Å². The van der Waals surface area contributed by atoms with E-state index in [2.05, 4.69) is 47.9 Å². The van der Waals surface area contributed by atoms with Gasteiger partial charge in [-0.1, -0.05) is 26.0 Å². The standard InChI is InChI=1S/C18H30N2O/c1-16(2)9-12-19-10-4-11-20(14-13-19)15-17-5-7-18(21-3)8-6-17/h5-8,16H,4,9-15H2,1-3H3. The second-order valence-electron chi connectivity index (χ2n) is 6.50. The van der Waals surface area contributed by atoms with Gasteiger partial charge in [0.2, 0.25) is 0 Å². The molecule has 118 valence electrons. The van der Waals surface area contributed by atoms with E-state index < -0.39 is 0 Å². The summed E-state index contributed by atoms with van der Waals surface area (Å²) in [6.07, 6.45) is 2.60. The van der Waals surface area contributed by atoms with Crippen molar-refractivity contribution in [1.82, 2.24) is 9.80 Å². The molecule has 0 spiro atoms. The van der Waals surface area contributed by atoms with Gasteiger partial charge < -0.3 is 9.64 Å². The maximum atomic E-state index is 5.22. The predicted octanol–water partition coefficient (Wildman–Crippen LogP) is 3.25. The largest absolute Gasteiger partial charge is 0.497 e. The zero-order valence-electron chi connectivity index (χ0n) is 13.8. The summed E-state index contributed by atoms with van der Waals surface area (Å²) < 4.78 is 5.22. The maximum Gasteiger partial charge on any atom is 0.118 e. The molecule has 0 aliphatic carbocycles. The lowest BCUT2D eigenvalue weighted by Crippen LogP contribution is -2.31. The summed E-state index contributed by atoms with van der Waals surface area (Å²) in [5, 5.41) is 0. The molecule has 0 atom stereocenters. The Balaban J connectivity index is 1.79. The molecule has 1 saturated heterocycles. The van der Waals surface area contributed by atoms with E-state index in [1.165, 1.54) is 51.1 Å². The zero-order valence-corrected chi connectivity index (χ0v) is 13.8. The Bertz CT molecular complexity index is 402. The average molecular weight is 290 g/mol. The van der Waals surface area contributed by atoms with Crippen LogP contribution in [0.25, 0.3) is 0 Å². The third-order valence-electron chi connectivity index (χ3n) is 4.27. The van der Waals surface area contributed by atoms with Crippen molar-refractivity contribution in [3.63, 3.8) is 0 Å². The molecule has 1 aromatic rings. The molecule has 0 bridgehead atoms. The Hall–Kier alpha value is -1.06. The molecule has 2 rings (SSSR count). The fourth-order valence-electron chi connectivity index (χ4n) is 2.84. The lowest BCUT2D eigenvalue weighted by molar-refractivity contribution is 0.243. The number of nitrogens with zero attached hydrogens (tertiary/aromatic N) is 2. The Morgan fingerprint density at radius 2 is 1.67 bits per heavy atom. The van der Waals surface area contributed by atoms with Gasteiger partial charge >= 0.3 is 0 Å². The van der Waals surface area contributed by atoms with Crippen LogP contribution < -0.4 is 4.74 Å². The first kappa shape index (κ1) is 16.3. The predicted molar refractivity (Wildman–Crippen MR) is 88.8 cm³/mol. The highest BCUT2D eigenvalue weighted by Crippen LogP contribution is 2.14. The van der Waals surface area contributed by atoms with Crippen molar-refractivity contribution >= 4 is 0 Å². The number of ether oxygens (including phenoxy) is 1. The minimum atomic E-state index is 0.809. The summed E-state index contributed by atoms with van der Waals surface area (Å²) in [7, 11) is 1.72. The van der Waals surface area contributed by atoms with E-state index in [-0.39, 0.29) is 0 Å². The van der Waals surface area contributed by atoms with E-state index in [0.29, 0.717) is 0 Å². The summed E-state index contributed by atoms with van der Waals surface area (Å²) in [5.74, 6) is 1.75. The number of hydrogen-bond acceptors (Lipinski definition) is 3. The normalized spacial score (nSPS) is 17.9. The van der Waals surface area contributed by atoms with Crippen molar-refractivity contribution in [3.05, 3.63) is 29.8 Å². The van der Waals surface area contributed by atoms with Gasteiger partial charge in [0.25, 0.3) is 0 Å². The summed E-state index contributed by atoms with van der Waals surface area (Å²) >= 11 is 0. The van der Waals surface area contributed by atoms with Gasteiger partial charge in [-0.15, -0.1) is 0 Å². The van der Waals surface area contributed by atoms with Crippen molar-refractivity contribution in [2.75, 3.05) is 39.8 Å². The van der Waals surface area contributed by atoms with Gasteiger partial charge in [-0.05, 0) is 56.1 Å². The maximum absolute atomic E-state index is 5.22.